The van der Waals surface area contributed by atoms with Gasteiger partial charge in [-0.2, -0.15) is 5.26 Å². The van der Waals surface area contributed by atoms with Crippen molar-refractivity contribution in [3.05, 3.63) is 77.4 Å². The quantitative estimate of drug-likeness (QED) is 0.472. The summed E-state index contributed by atoms with van der Waals surface area (Å²) in [6.45, 7) is 8.07. The Morgan fingerprint density at radius 2 is 1.66 bits per heavy atom. The molecule has 0 aliphatic carbocycles. The molecular weight excluding hydrogens is 478 g/mol. The zero-order valence-corrected chi connectivity index (χ0v) is 22.5. The fourth-order valence-corrected chi connectivity index (χ4v) is 4.93. The topological polar surface area (TPSA) is 82.9 Å². The number of hydrogen-bond acceptors (Lipinski definition) is 5. The molecule has 2 heterocycles. The number of ether oxygens (including phenoxy) is 2. The molecule has 2 atom stereocenters. The van der Waals surface area contributed by atoms with Gasteiger partial charge in [0.2, 0.25) is 0 Å². The van der Waals surface area contributed by atoms with Crippen molar-refractivity contribution >= 4 is 18.3 Å². The number of carbonyl (C=O) groups excluding carboxylic acids is 2. The van der Waals surface area contributed by atoms with Crippen LogP contribution in [0.2, 0.25) is 0 Å². The molecule has 2 aliphatic heterocycles. The number of allylic oxidation sites excluding steroid dienone is 1. The first kappa shape index (κ1) is 27.3. The first-order chi connectivity index (χ1) is 18.2. The molecule has 2 aromatic carbocycles. The van der Waals surface area contributed by atoms with Crippen LogP contribution in [0.4, 0.5) is 9.59 Å². The number of hydrogen-bond donors (Lipinski definition) is 0. The Labute approximate surface area is 225 Å². The Hall–Kier alpha value is -3.79. The van der Waals surface area contributed by atoms with E-state index in [2.05, 4.69) is 42.5 Å². The first-order valence-electron chi connectivity index (χ1n) is 13.3. The number of rotatable bonds is 5. The Morgan fingerprint density at radius 3 is 2.29 bits per heavy atom. The summed E-state index contributed by atoms with van der Waals surface area (Å²) < 4.78 is 11.0. The second-order valence-corrected chi connectivity index (χ2v) is 11.1. The average molecular weight is 516 g/mol. The lowest BCUT2D eigenvalue weighted by molar-refractivity contribution is 0.0289. The highest BCUT2D eigenvalue weighted by atomic mass is 16.6. The van der Waals surface area contributed by atoms with Crippen molar-refractivity contribution in [3.8, 4) is 6.07 Å². The van der Waals surface area contributed by atoms with E-state index in [-0.39, 0.29) is 24.0 Å². The molecule has 7 heteroatoms. The molecule has 0 radical (unpaired) electrons. The van der Waals surface area contributed by atoms with Crippen molar-refractivity contribution in [1.82, 2.24) is 9.80 Å². The fourth-order valence-electron chi connectivity index (χ4n) is 4.93. The molecule has 0 saturated carbocycles. The summed E-state index contributed by atoms with van der Waals surface area (Å²) in [6, 6.07) is 20.3. The second-order valence-electron chi connectivity index (χ2n) is 11.1. The van der Waals surface area contributed by atoms with E-state index in [4.69, 9.17) is 9.47 Å². The summed E-state index contributed by atoms with van der Waals surface area (Å²) in [5.41, 5.74) is 2.57. The highest BCUT2D eigenvalue weighted by Crippen LogP contribution is 2.33. The van der Waals surface area contributed by atoms with Gasteiger partial charge >= 0.3 is 12.2 Å². The summed E-state index contributed by atoms with van der Waals surface area (Å²) >= 11 is 0. The van der Waals surface area contributed by atoms with Gasteiger partial charge in [-0.3, -0.25) is 0 Å². The second kappa shape index (κ2) is 12.2. The Balaban J connectivity index is 1.25. The molecule has 200 valence electrons. The van der Waals surface area contributed by atoms with Crippen LogP contribution in [0, 0.1) is 23.2 Å². The molecule has 0 unspecified atom stereocenters. The number of nitriles is 1. The Kier molecular flexibility index (Phi) is 8.73. The van der Waals surface area contributed by atoms with E-state index in [0.29, 0.717) is 38.7 Å². The van der Waals surface area contributed by atoms with E-state index < -0.39 is 5.60 Å². The van der Waals surface area contributed by atoms with Gasteiger partial charge < -0.3 is 19.3 Å². The average Bonchev–Trinajstić information content (AvgIpc) is 3.36. The van der Waals surface area contributed by atoms with E-state index in [1.807, 2.05) is 51.1 Å². The predicted octanol–water partition coefficient (Wildman–Crippen LogP) is 6.22. The van der Waals surface area contributed by atoms with E-state index in [1.165, 1.54) is 0 Å². The van der Waals surface area contributed by atoms with Crippen LogP contribution in [0.1, 0.15) is 56.2 Å². The van der Waals surface area contributed by atoms with Crippen LogP contribution in [0.3, 0.4) is 0 Å². The molecule has 2 aromatic rings. The summed E-state index contributed by atoms with van der Waals surface area (Å²) in [4.78, 5) is 28.3. The van der Waals surface area contributed by atoms with Crippen LogP contribution >= 0.6 is 0 Å². The maximum atomic E-state index is 12.5. The van der Waals surface area contributed by atoms with Crippen LogP contribution in [0.25, 0.3) is 6.08 Å². The minimum absolute atomic E-state index is 0.0310. The summed E-state index contributed by atoms with van der Waals surface area (Å²) in [6.07, 6.45) is 5.54. The molecule has 2 amide bonds. The first-order valence-corrected chi connectivity index (χ1v) is 13.3. The zero-order chi connectivity index (χ0) is 27.1. The summed E-state index contributed by atoms with van der Waals surface area (Å²) in [5, 5.41) is 9.68. The minimum Gasteiger partial charge on any atom is -0.445 e. The molecule has 2 fully saturated rings. The molecule has 2 saturated heterocycles. The SMILES string of the molecule is CC(C)(C)OC(=O)N1C[C@@H](C#N)[C@H](c2ccc(/C=C/C3CCN(C(=O)OCc4ccccc4)CC3)cc2)C1. The van der Waals surface area contributed by atoms with Crippen molar-refractivity contribution in [1.29, 1.82) is 5.26 Å². The molecule has 0 spiro atoms. The highest BCUT2D eigenvalue weighted by molar-refractivity contribution is 5.69. The molecule has 0 bridgehead atoms. The van der Waals surface area contributed by atoms with Gasteiger partial charge in [0.05, 0.1) is 12.0 Å². The molecule has 38 heavy (non-hydrogen) atoms. The lowest BCUT2D eigenvalue weighted by atomic mass is 9.89. The Bertz CT molecular complexity index is 1160. The molecule has 7 nitrogen and oxygen atoms in total. The van der Waals surface area contributed by atoms with Gasteiger partial charge in [-0.15, -0.1) is 0 Å². The van der Waals surface area contributed by atoms with E-state index in [1.54, 1.807) is 9.80 Å². The fraction of sp³-hybridized carbons (Fsp3) is 0.452. The van der Waals surface area contributed by atoms with Crippen molar-refractivity contribution in [2.24, 2.45) is 11.8 Å². The van der Waals surface area contributed by atoms with Crippen LogP contribution in [-0.2, 0) is 16.1 Å². The number of amides is 2. The van der Waals surface area contributed by atoms with Crippen molar-refractivity contribution in [2.45, 2.75) is 51.7 Å². The molecule has 0 aromatic heterocycles. The Morgan fingerprint density at radius 1 is 0.974 bits per heavy atom. The molecular formula is C31H37N3O4. The number of likely N-dealkylation sites (tertiary alicyclic amines) is 2. The third kappa shape index (κ3) is 7.38. The van der Waals surface area contributed by atoms with Gasteiger partial charge in [0.1, 0.15) is 12.2 Å². The maximum Gasteiger partial charge on any atom is 0.410 e. The van der Waals surface area contributed by atoms with Gasteiger partial charge in [-0.1, -0.05) is 66.7 Å². The standard InChI is InChI=1S/C31H37N3O4/c1-31(2,3)38-30(36)34-20-27(19-32)28(21-34)26-13-11-23(12-14-26)9-10-24-15-17-33(18-16-24)29(35)37-22-25-7-5-4-6-8-25/h4-14,24,27-28H,15-18,20-22H2,1-3H3/b10-9+/t27-,28+/m1/s1. The van der Waals surface area contributed by atoms with Crippen LogP contribution in [0.15, 0.2) is 60.7 Å². The van der Waals surface area contributed by atoms with Crippen molar-refractivity contribution < 1.29 is 19.1 Å². The molecule has 4 rings (SSSR count). The van der Waals surface area contributed by atoms with Gasteiger partial charge in [0.15, 0.2) is 0 Å². The van der Waals surface area contributed by atoms with Crippen LogP contribution < -0.4 is 0 Å². The lowest BCUT2D eigenvalue weighted by Crippen LogP contribution is -2.38. The van der Waals surface area contributed by atoms with E-state index in [9.17, 15) is 14.9 Å². The number of piperidine rings is 1. The number of benzene rings is 2. The number of nitrogens with zero attached hydrogens (tertiary/aromatic N) is 3. The predicted molar refractivity (Wildman–Crippen MR) is 146 cm³/mol. The molecule has 0 N–H and O–H groups in total. The summed E-state index contributed by atoms with van der Waals surface area (Å²) in [7, 11) is 0. The maximum absolute atomic E-state index is 12.5. The largest absolute Gasteiger partial charge is 0.445 e. The highest BCUT2D eigenvalue weighted by Gasteiger charge is 2.38. The van der Waals surface area contributed by atoms with Crippen molar-refractivity contribution in [3.63, 3.8) is 0 Å². The summed E-state index contributed by atoms with van der Waals surface area (Å²) in [5.74, 6) is 0.123. The van der Waals surface area contributed by atoms with Gasteiger partial charge in [0.25, 0.3) is 0 Å². The molecule has 2 aliphatic rings. The van der Waals surface area contributed by atoms with Gasteiger partial charge in [-0.25, -0.2) is 9.59 Å². The third-order valence-electron chi connectivity index (χ3n) is 7.07. The third-order valence-corrected chi connectivity index (χ3v) is 7.07. The van der Waals surface area contributed by atoms with Crippen molar-refractivity contribution in [2.75, 3.05) is 26.2 Å². The van der Waals surface area contributed by atoms with E-state index >= 15 is 0 Å². The van der Waals surface area contributed by atoms with Crippen LogP contribution in [0.5, 0.6) is 0 Å². The minimum atomic E-state index is -0.562. The number of carbonyl (C=O) groups is 2. The normalized spacial score (nSPS) is 20.4. The van der Waals surface area contributed by atoms with Gasteiger partial charge in [-0.05, 0) is 56.2 Å². The smallest absolute Gasteiger partial charge is 0.410 e. The zero-order valence-electron chi connectivity index (χ0n) is 22.5. The van der Waals surface area contributed by atoms with Crippen LogP contribution in [-0.4, -0.2) is 53.8 Å². The van der Waals surface area contributed by atoms with Gasteiger partial charge in [0, 0.05) is 32.1 Å². The lowest BCUT2D eigenvalue weighted by Gasteiger charge is -2.30. The van der Waals surface area contributed by atoms with E-state index in [0.717, 1.165) is 29.5 Å². The monoisotopic (exact) mass is 515 g/mol.